The fraction of sp³-hybridized carbons (Fsp3) is 0.360. The second-order valence-corrected chi connectivity index (χ2v) is 8.67. The molecule has 0 N–H and O–H groups in total. The van der Waals surface area contributed by atoms with E-state index in [9.17, 15) is 4.79 Å². The van der Waals surface area contributed by atoms with E-state index in [-0.39, 0.29) is 11.4 Å². The smallest absolute Gasteiger partial charge is 0.338 e. The maximum Gasteiger partial charge on any atom is 0.338 e. The van der Waals surface area contributed by atoms with Crippen LogP contribution in [0.2, 0.25) is 0 Å². The van der Waals surface area contributed by atoms with Gasteiger partial charge in [-0.1, -0.05) is 44.0 Å². The van der Waals surface area contributed by atoms with Crippen LogP contribution in [-0.4, -0.2) is 23.6 Å². The third kappa shape index (κ3) is 4.52. The van der Waals surface area contributed by atoms with E-state index in [0.29, 0.717) is 18.2 Å². The fourth-order valence-electron chi connectivity index (χ4n) is 3.69. The molecule has 3 rings (SSSR count). The van der Waals surface area contributed by atoms with Gasteiger partial charge < -0.3 is 9.64 Å². The van der Waals surface area contributed by atoms with E-state index in [2.05, 4.69) is 62.6 Å². The van der Waals surface area contributed by atoms with Crippen LogP contribution in [0.25, 0.3) is 0 Å². The Balaban J connectivity index is 1.91. The maximum atomic E-state index is 11.8. The molecule has 150 valence electrons. The molecule has 1 aliphatic rings. The number of thiocarbonyl (C=S) groups is 1. The van der Waals surface area contributed by atoms with Crippen molar-refractivity contribution in [3.63, 3.8) is 0 Å². The Morgan fingerprint density at radius 1 is 1.14 bits per heavy atom. The van der Waals surface area contributed by atoms with E-state index in [0.717, 1.165) is 28.2 Å². The maximum absolute atomic E-state index is 11.8. The molecule has 1 aliphatic heterocycles. The van der Waals surface area contributed by atoms with Crippen LogP contribution >= 0.6 is 12.2 Å². The lowest BCUT2D eigenvalue weighted by molar-refractivity contribution is 0.0526. The molecule has 0 radical (unpaired) electrons. The molecule has 4 heteroatoms. The molecule has 29 heavy (non-hydrogen) atoms. The third-order valence-electron chi connectivity index (χ3n) is 5.11. The molecule has 3 nitrogen and oxygen atoms in total. The standard InChI is InChI=1S/C25H27NO2S/c1-6-28-24(27)20-12-9-18(10-13-20)7-8-19-11-14-21-22(15-19)26(17(2)3)23(29)16-25(21,4)5/h9-15,17H,6,16H2,1-5H3. The number of carbonyl (C=O) groups excluding carboxylic acids is 1. The van der Waals surface area contributed by atoms with Crippen molar-refractivity contribution in [1.82, 2.24) is 0 Å². The van der Waals surface area contributed by atoms with Gasteiger partial charge in [-0.15, -0.1) is 0 Å². The third-order valence-corrected chi connectivity index (χ3v) is 5.45. The molecule has 0 bridgehead atoms. The predicted octanol–water partition coefficient (Wildman–Crippen LogP) is 5.49. The van der Waals surface area contributed by atoms with Crippen LogP contribution in [0.15, 0.2) is 42.5 Å². The highest BCUT2D eigenvalue weighted by atomic mass is 32.1. The fourth-order valence-corrected chi connectivity index (χ4v) is 4.36. The summed E-state index contributed by atoms with van der Waals surface area (Å²) in [6.45, 7) is 11.0. The minimum Gasteiger partial charge on any atom is -0.462 e. The molecule has 0 aliphatic carbocycles. The topological polar surface area (TPSA) is 29.5 Å². The number of hydrogen-bond donors (Lipinski definition) is 0. The van der Waals surface area contributed by atoms with Gasteiger partial charge in [0.25, 0.3) is 0 Å². The van der Waals surface area contributed by atoms with Gasteiger partial charge in [0.1, 0.15) is 0 Å². The Kier molecular flexibility index (Phi) is 6.10. The van der Waals surface area contributed by atoms with Gasteiger partial charge in [0.15, 0.2) is 0 Å². The Bertz CT molecular complexity index is 994. The largest absolute Gasteiger partial charge is 0.462 e. The van der Waals surface area contributed by atoms with Crippen molar-refractivity contribution in [3.05, 3.63) is 64.7 Å². The molecule has 2 aromatic rings. The van der Waals surface area contributed by atoms with Crippen molar-refractivity contribution in [3.8, 4) is 11.8 Å². The first-order valence-corrected chi connectivity index (χ1v) is 10.4. The van der Waals surface area contributed by atoms with Crippen LogP contribution < -0.4 is 4.90 Å². The summed E-state index contributed by atoms with van der Waals surface area (Å²) in [4.78, 5) is 15.0. The molecule has 2 aromatic carbocycles. The lowest BCUT2D eigenvalue weighted by Gasteiger charge is -2.42. The van der Waals surface area contributed by atoms with Crippen molar-refractivity contribution in [2.75, 3.05) is 11.5 Å². The Morgan fingerprint density at radius 2 is 1.76 bits per heavy atom. The SMILES string of the molecule is CCOC(=O)c1ccc(C#Cc2ccc3c(c2)N(C(C)C)C(=S)CC3(C)C)cc1. The van der Waals surface area contributed by atoms with Crippen LogP contribution in [0.1, 0.15) is 68.1 Å². The molecule has 0 unspecified atom stereocenters. The average Bonchev–Trinajstić information content (AvgIpc) is 2.66. The van der Waals surface area contributed by atoms with Crippen LogP contribution in [0.3, 0.4) is 0 Å². The van der Waals surface area contributed by atoms with Crippen LogP contribution in [0.4, 0.5) is 5.69 Å². The lowest BCUT2D eigenvalue weighted by atomic mass is 9.77. The number of fused-ring (bicyclic) bond motifs is 1. The van der Waals surface area contributed by atoms with Crippen molar-refractivity contribution in [2.24, 2.45) is 0 Å². The van der Waals surface area contributed by atoms with Crippen molar-refractivity contribution >= 4 is 28.9 Å². The molecular weight excluding hydrogens is 378 g/mol. The number of carbonyl (C=O) groups is 1. The lowest BCUT2D eigenvalue weighted by Crippen LogP contribution is -2.44. The molecule has 0 saturated heterocycles. The number of hydrogen-bond acceptors (Lipinski definition) is 3. The summed E-state index contributed by atoms with van der Waals surface area (Å²) in [5.74, 6) is 6.13. The molecule has 0 amide bonds. The number of nitrogens with zero attached hydrogens (tertiary/aromatic N) is 1. The van der Waals surface area contributed by atoms with Crippen molar-refractivity contribution in [1.29, 1.82) is 0 Å². The van der Waals surface area contributed by atoms with Gasteiger partial charge in [0.2, 0.25) is 0 Å². The number of anilines is 1. The van der Waals surface area contributed by atoms with Gasteiger partial charge in [-0.25, -0.2) is 4.79 Å². The summed E-state index contributed by atoms with van der Waals surface area (Å²) < 4.78 is 5.01. The van der Waals surface area contributed by atoms with Gasteiger partial charge in [-0.2, -0.15) is 0 Å². The first kappa shape index (κ1) is 21.1. The number of esters is 1. The van der Waals surface area contributed by atoms with Gasteiger partial charge in [-0.3, -0.25) is 0 Å². The number of ether oxygens (including phenoxy) is 1. The van der Waals surface area contributed by atoms with E-state index in [1.807, 2.05) is 12.1 Å². The Hall–Kier alpha value is -2.64. The van der Waals surface area contributed by atoms with E-state index >= 15 is 0 Å². The van der Waals surface area contributed by atoms with Crippen molar-refractivity contribution in [2.45, 2.75) is 52.5 Å². The van der Waals surface area contributed by atoms with E-state index < -0.39 is 0 Å². The van der Waals surface area contributed by atoms with Gasteiger partial charge in [0.05, 0.1) is 17.2 Å². The molecular formula is C25H27NO2S. The second kappa shape index (κ2) is 8.39. The first-order valence-electron chi connectivity index (χ1n) is 9.98. The second-order valence-electron chi connectivity index (χ2n) is 8.20. The average molecular weight is 406 g/mol. The molecule has 0 spiro atoms. The minimum absolute atomic E-state index is 0.0205. The first-order chi connectivity index (χ1) is 13.7. The van der Waals surface area contributed by atoms with E-state index in [1.165, 1.54) is 5.56 Å². The monoisotopic (exact) mass is 405 g/mol. The molecule has 0 fully saturated rings. The van der Waals surface area contributed by atoms with Gasteiger partial charge in [-0.05, 0) is 68.1 Å². The zero-order valence-corrected chi connectivity index (χ0v) is 18.5. The highest BCUT2D eigenvalue weighted by molar-refractivity contribution is 7.80. The van der Waals surface area contributed by atoms with Gasteiger partial charge in [0, 0.05) is 29.3 Å². The molecule has 1 heterocycles. The highest BCUT2D eigenvalue weighted by Crippen LogP contribution is 2.41. The van der Waals surface area contributed by atoms with E-state index in [4.69, 9.17) is 17.0 Å². The summed E-state index contributed by atoms with van der Waals surface area (Å²) in [7, 11) is 0. The molecule has 0 aromatic heterocycles. The normalized spacial score (nSPS) is 14.8. The quantitative estimate of drug-likeness (QED) is 0.384. The predicted molar refractivity (Wildman–Crippen MR) is 123 cm³/mol. The highest BCUT2D eigenvalue weighted by Gasteiger charge is 2.35. The summed E-state index contributed by atoms with van der Waals surface area (Å²) >= 11 is 5.72. The summed E-state index contributed by atoms with van der Waals surface area (Å²) in [6, 6.07) is 13.9. The molecule has 0 saturated carbocycles. The summed E-state index contributed by atoms with van der Waals surface area (Å²) in [6.07, 6.45) is 0.880. The van der Waals surface area contributed by atoms with E-state index in [1.54, 1.807) is 19.1 Å². The minimum atomic E-state index is -0.311. The van der Waals surface area contributed by atoms with Crippen molar-refractivity contribution < 1.29 is 9.53 Å². The Labute approximate surface area is 179 Å². The number of benzene rings is 2. The molecule has 0 atom stereocenters. The van der Waals surface area contributed by atoms with Crippen LogP contribution in [0, 0.1) is 11.8 Å². The van der Waals surface area contributed by atoms with Crippen LogP contribution in [-0.2, 0) is 10.2 Å². The zero-order valence-electron chi connectivity index (χ0n) is 17.7. The summed E-state index contributed by atoms with van der Waals surface area (Å²) in [5, 5.41) is 0. The van der Waals surface area contributed by atoms with Crippen LogP contribution in [0.5, 0.6) is 0 Å². The Morgan fingerprint density at radius 3 is 2.38 bits per heavy atom. The zero-order chi connectivity index (χ0) is 21.2. The number of rotatable bonds is 3. The summed E-state index contributed by atoms with van der Waals surface area (Å²) in [5.41, 5.74) is 4.83. The van der Waals surface area contributed by atoms with Gasteiger partial charge >= 0.3 is 5.97 Å².